The fourth-order valence-corrected chi connectivity index (χ4v) is 9.54. The Labute approximate surface area is 396 Å². The quantitative estimate of drug-likeness (QED) is 0.121. The largest absolute Gasteiger partial charge is 0.416 e. The van der Waals surface area contributed by atoms with Crippen LogP contribution in [0.2, 0.25) is 0 Å². The third kappa shape index (κ3) is 7.36. The normalized spacial score (nSPS) is 11.8. The van der Waals surface area contributed by atoms with E-state index in [1.807, 2.05) is 106 Å². The van der Waals surface area contributed by atoms with Gasteiger partial charge in [0.25, 0.3) is 0 Å². The van der Waals surface area contributed by atoms with E-state index < -0.39 is 23.5 Å². The van der Waals surface area contributed by atoms with Crippen molar-refractivity contribution in [2.24, 2.45) is 0 Å². The molecule has 0 fully saturated rings. The molecule has 0 aliphatic rings. The number of nitriles is 1. The second kappa shape index (κ2) is 16.4. The Bertz CT molecular complexity index is 4030. The van der Waals surface area contributed by atoms with Gasteiger partial charge in [-0.2, -0.15) is 31.6 Å². The van der Waals surface area contributed by atoms with Gasteiger partial charge in [-0.05, 0) is 118 Å². The van der Waals surface area contributed by atoms with Crippen molar-refractivity contribution in [3.63, 3.8) is 0 Å². The Balaban J connectivity index is 1.21. The van der Waals surface area contributed by atoms with Gasteiger partial charge >= 0.3 is 12.4 Å². The van der Waals surface area contributed by atoms with Gasteiger partial charge in [-0.1, -0.05) is 103 Å². The van der Waals surface area contributed by atoms with Crippen molar-refractivity contribution < 1.29 is 26.3 Å². The lowest BCUT2D eigenvalue weighted by Gasteiger charge is -2.21. The zero-order valence-electron chi connectivity index (χ0n) is 36.4. The van der Waals surface area contributed by atoms with E-state index in [-0.39, 0.29) is 17.2 Å². The first-order chi connectivity index (χ1) is 33.8. The molecule has 0 unspecified atom stereocenters. The molecule has 0 atom stereocenters. The molecule has 70 heavy (non-hydrogen) atoms. The highest BCUT2D eigenvalue weighted by molar-refractivity contribution is 6.13. The van der Waals surface area contributed by atoms with Crippen molar-refractivity contribution in [1.29, 1.82) is 5.26 Å². The van der Waals surface area contributed by atoms with Gasteiger partial charge in [0.2, 0.25) is 0 Å². The summed E-state index contributed by atoms with van der Waals surface area (Å²) in [6.45, 7) is 15.6. The van der Waals surface area contributed by atoms with E-state index in [2.05, 4.69) is 27.9 Å². The summed E-state index contributed by atoms with van der Waals surface area (Å²) in [5.74, 6) is 0. The standard InChI is InChI=1S/C59H31F6N5/c1-67-44-20-15-37(16-21-44)39-17-24-54-49(30-39)46-7-3-5-9-52(46)69(54)55-26-19-40(41-27-42(58(60,61)62)32-43(28-41)59(63,64)65)31-51(55)48-23-22-45(68-2)33-57(48)70-53-10-6-4-8-47(53)50-29-38(18-25-56(50)70)36-13-11-35(34-66)12-14-36/h3-33H. The first kappa shape index (κ1) is 43.2. The van der Waals surface area contributed by atoms with Gasteiger partial charge in [-0.3, -0.25) is 0 Å². The molecule has 11 rings (SSSR count). The van der Waals surface area contributed by atoms with Gasteiger partial charge in [0.15, 0.2) is 11.4 Å². The minimum atomic E-state index is -5.07. The monoisotopic (exact) mass is 923 g/mol. The molecule has 0 amide bonds. The summed E-state index contributed by atoms with van der Waals surface area (Å²) in [6.07, 6.45) is -10.1. The zero-order valence-corrected chi connectivity index (χ0v) is 36.4. The van der Waals surface area contributed by atoms with Gasteiger partial charge in [0.05, 0.1) is 63.7 Å². The number of alkyl halides is 6. The molecule has 0 aliphatic heterocycles. The number of aromatic nitrogens is 2. The lowest BCUT2D eigenvalue weighted by Crippen LogP contribution is -2.11. The number of hydrogen-bond donors (Lipinski definition) is 0. The van der Waals surface area contributed by atoms with Gasteiger partial charge in [-0.15, -0.1) is 0 Å². The van der Waals surface area contributed by atoms with E-state index in [1.165, 1.54) is 0 Å². The fraction of sp³-hybridized carbons (Fsp3) is 0.0339. The average Bonchev–Trinajstić information content (AvgIpc) is 3.89. The van der Waals surface area contributed by atoms with Crippen LogP contribution in [0.25, 0.3) is 109 Å². The third-order valence-corrected chi connectivity index (χ3v) is 12.8. The molecule has 334 valence electrons. The van der Waals surface area contributed by atoms with E-state index in [0.29, 0.717) is 39.4 Å². The highest BCUT2D eigenvalue weighted by Gasteiger charge is 2.37. The molecule has 0 aliphatic carbocycles. The minimum absolute atomic E-state index is 0.107. The molecule has 5 nitrogen and oxygen atoms in total. The molecule has 0 radical (unpaired) electrons. The van der Waals surface area contributed by atoms with E-state index >= 15 is 0 Å². The van der Waals surface area contributed by atoms with Crippen LogP contribution in [0.1, 0.15) is 16.7 Å². The smallest absolute Gasteiger partial charge is 0.310 e. The highest BCUT2D eigenvalue weighted by Crippen LogP contribution is 2.46. The Kier molecular flexibility index (Phi) is 10.2. The molecule has 2 aromatic heterocycles. The number of fused-ring (bicyclic) bond motifs is 6. The van der Waals surface area contributed by atoms with Gasteiger partial charge < -0.3 is 9.13 Å². The van der Waals surface area contributed by atoms with Crippen LogP contribution in [-0.2, 0) is 12.4 Å². The lowest BCUT2D eigenvalue weighted by molar-refractivity contribution is -0.143. The molecule has 11 heteroatoms. The van der Waals surface area contributed by atoms with Crippen molar-refractivity contribution in [2.75, 3.05) is 0 Å². The second-order valence-electron chi connectivity index (χ2n) is 16.9. The maximum atomic E-state index is 14.4. The van der Waals surface area contributed by atoms with Crippen LogP contribution in [0.15, 0.2) is 188 Å². The number of hydrogen-bond acceptors (Lipinski definition) is 1. The molecule has 9 aromatic carbocycles. The van der Waals surface area contributed by atoms with Crippen molar-refractivity contribution in [3.8, 4) is 62.0 Å². The van der Waals surface area contributed by atoms with Crippen LogP contribution in [0.5, 0.6) is 0 Å². The predicted octanol–water partition coefficient (Wildman–Crippen LogP) is 17.6. The summed E-state index contributed by atoms with van der Waals surface area (Å²) in [5.41, 5.74) is 7.18. The maximum Gasteiger partial charge on any atom is 0.416 e. The summed E-state index contributed by atoms with van der Waals surface area (Å²) in [5, 5.41) is 13.0. The highest BCUT2D eigenvalue weighted by atomic mass is 19.4. The van der Waals surface area contributed by atoms with E-state index in [9.17, 15) is 31.6 Å². The average molecular weight is 924 g/mol. The summed E-state index contributed by atoms with van der Waals surface area (Å²) in [7, 11) is 0. The van der Waals surface area contributed by atoms with E-state index in [4.69, 9.17) is 13.1 Å². The Morgan fingerprint density at radius 1 is 0.386 bits per heavy atom. The van der Waals surface area contributed by atoms with E-state index in [0.717, 1.165) is 78.0 Å². The number of halogens is 6. The lowest BCUT2D eigenvalue weighted by atomic mass is 9.93. The van der Waals surface area contributed by atoms with Crippen LogP contribution in [0.4, 0.5) is 37.7 Å². The van der Waals surface area contributed by atoms with Crippen molar-refractivity contribution >= 4 is 55.0 Å². The summed E-state index contributed by atoms with van der Waals surface area (Å²) >= 11 is 0. The van der Waals surface area contributed by atoms with Crippen LogP contribution in [0, 0.1) is 24.5 Å². The minimum Gasteiger partial charge on any atom is -0.310 e. The SMILES string of the molecule is [C-]#[N+]c1ccc(-c2ccc3c(c2)c2ccccc2n3-c2ccc(-c3cc(C(F)(F)F)cc(C(F)(F)F)c3)cc2-c2ccc([N+]#[C-])cc2-n2c3ccccc3c3cc(-c4ccc(C#N)cc4)ccc32)cc1. The third-order valence-electron chi connectivity index (χ3n) is 12.8. The molecular formula is C59H31F6N5. The molecule has 0 bridgehead atoms. The number of rotatable bonds is 6. The molecule has 0 saturated heterocycles. The summed E-state index contributed by atoms with van der Waals surface area (Å²) in [6, 6.07) is 56.0. The number of benzene rings is 9. The van der Waals surface area contributed by atoms with Crippen molar-refractivity contribution in [1.82, 2.24) is 9.13 Å². The van der Waals surface area contributed by atoms with Gasteiger partial charge in [-0.25, -0.2) is 9.69 Å². The predicted molar refractivity (Wildman–Crippen MR) is 264 cm³/mol. The first-order valence-corrected chi connectivity index (χ1v) is 21.8. The maximum absolute atomic E-state index is 14.4. The topological polar surface area (TPSA) is 42.4 Å². The van der Waals surface area contributed by atoms with Gasteiger partial charge in [0.1, 0.15) is 0 Å². The first-order valence-electron chi connectivity index (χ1n) is 21.8. The van der Waals surface area contributed by atoms with Crippen molar-refractivity contribution in [3.05, 3.63) is 228 Å². The summed E-state index contributed by atoms with van der Waals surface area (Å²) in [4.78, 5) is 7.34. The Hall–Kier alpha value is -9.37. The molecule has 2 heterocycles. The van der Waals surface area contributed by atoms with Crippen LogP contribution in [0.3, 0.4) is 0 Å². The van der Waals surface area contributed by atoms with Crippen LogP contribution in [-0.4, -0.2) is 9.13 Å². The molecular weight excluding hydrogens is 893 g/mol. The van der Waals surface area contributed by atoms with Gasteiger partial charge in [0, 0.05) is 38.4 Å². The van der Waals surface area contributed by atoms with Crippen LogP contribution >= 0.6 is 0 Å². The van der Waals surface area contributed by atoms with Crippen molar-refractivity contribution in [2.45, 2.75) is 12.4 Å². The molecule has 0 spiro atoms. The van der Waals surface area contributed by atoms with E-state index in [1.54, 1.807) is 60.7 Å². The Morgan fingerprint density at radius 2 is 0.843 bits per heavy atom. The fourth-order valence-electron chi connectivity index (χ4n) is 9.54. The van der Waals surface area contributed by atoms with Crippen LogP contribution < -0.4 is 0 Å². The second-order valence-corrected chi connectivity index (χ2v) is 16.9. The Morgan fingerprint density at radius 3 is 1.37 bits per heavy atom. The number of nitrogens with zero attached hydrogens (tertiary/aromatic N) is 5. The number of para-hydroxylation sites is 2. The molecule has 11 aromatic rings. The molecule has 0 saturated carbocycles. The molecule has 0 N–H and O–H groups in total. The summed E-state index contributed by atoms with van der Waals surface area (Å²) < 4.78 is 90.4. The zero-order chi connectivity index (χ0) is 48.5.